The average molecular weight is 421 g/mol. The highest BCUT2D eigenvalue weighted by molar-refractivity contribution is 9.10. The van der Waals surface area contributed by atoms with E-state index in [0.717, 1.165) is 15.5 Å². The number of benzene rings is 1. The Morgan fingerprint density at radius 3 is 2.72 bits per heavy atom. The fourth-order valence-electron chi connectivity index (χ4n) is 2.85. The van der Waals surface area contributed by atoms with Crippen LogP contribution in [0.3, 0.4) is 0 Å². The standard InChI is InChI=1S/C17H14BrFN4OS/c18-12-8-11(9-13(19)10-12)16(24)22-4-6-23(7-5-22)17-21-14-2-1-3-20-15(14)25-17/h1-3,8-10H,4-7H2. The monoisotopic (exact) mass is 420 g/mol. The van der Waals surface area contributed by atoms with Gasteiger partial charge in [0.1, 0.15) is 16.2 Å². The number of hydrogen-bond acceptors (Lipinski definition) is 5. The topological polar surface area (TPSA) is 49.3 Å². The van der Waals surface area contributed by atoms with Gasteiger partial charge >= 0.3 is 0 Å². The van der Waals surface area contributed by atoms with E-state index >= 15 is 0 Å². The van der Waals surface area contributed by atoms with Crippen molar-refractivity contribution >= 4 is 48.7 Å². The van der Waals surface area contributed by atoms with Gasteiger partial charge in [-0.05, 0) is 30.3 Å². The minimum absolute atomic E-state index is 0.147. The molecule has 1 fully saturated rings. The zero-order chi connectivity index (χ0) is 17.4. The molecule has 0 aliphatic carbocycles. The second kappa shape index (κ2) is 6.68. The first-order chi connectivity index (χ1) is 12.1. The molecule has 0 N–H and O–H groups in total. The molecular formula is C17H14BrFN4OS. The lowest BCUT2D eigenvalue weighted by Gasteiger charge is -2.34. The van der Waals surface area contributed by atoms with E-state index in [9.17, 15) is 9.18 Å². The van der Waals surface area contributed by atoms with Crippen LogP contribution in [0.5, 0.6) is 0 Å². The molecule has 0 radical (unpaired) electrons. The number of aromatic nitrogens is 2. The van der Waals surface area contributed by atoms with Crippen molar-refractivity contribution in [2.75, 3.05) is 31.1 Å². The highest BCUT2D eigenvalue weighted by Gasteiger charge is 2.24. The van der Waals surface area contributed by atoms with Crippen LogP contribution in [0.4, 0.5) is 9.52 Å². The highest BCUT2D eigenvalue weighted by atomic mass is 79.9. The predicted octanol–water partition coefficient (Wildman–Crippen LogP) is 3.56. The molecule has 25 heavy (non-hydrogen) atoms. The largest absolute Gasteiger partial charge is 0.344 e. The van der Waals surface area contributed by atoms with Crippen molar-refractivity contribution in [2.24, 2.45) is 0 Å². The van der Waals surface area contributed by atoms with Gasteiger partial charge in [-0.25, -0.2) is 14.4 Å². The molecule has 3 aromatic rings. The molecule has 8 heteroatoms. The number of carbonyl (C=O) groups is 1. The molecule has 0 bridgehead atoms. The lowest BCUT2D eigenvalue weighted by Crippen LogP contribution is -2.48. The van der Waals surface area contributed by atoms with E-state index in [-0.39, 0.29) is 5.91 Å². The maximum absolute atomic E-state index is 13.5. The van der Waals surface area contributed by atoms with Crippen LogP contribution in [-0.4, -0.2) is 47.0 Å². The quantitative estimate of drug-likeness (QED) is 0.635. The van der Waals surface area contributed by atoms with Gasteiger partial charge in [-0.1, -0.05) is 27.3 Å². The van der Waals surface area contributed by atoms with E-state index in [0.29, 0.717) is 36.2 Å². The fourth-order valence-corrected chi connectivity index (χ4v) is 4.28. The molecule has 1 aromatic carbocycles. The van der Waals surface area contributed by atoms with Crippen LogP contribution in [0.1, 0.15) is 10.4 Å². The van der Waals surface area contributed by atoms with Gasteiger partial charge in [-0.3, -0.25) is 4.79 Å². The van der Waals surface area contributed by atoms with E-state index in [4.69, 9.17) is 0 Å². The third kappa shape index (κ3) is 3.36. The summed E-state index contributed by atoms with van der Waals surface area (Å²) in [4.78, 5) is 26.4. The number of nitrogens with zero attached hydrogens (tertiary/aromatic N) is 4. The maximum Gasteiger partial charge on any atom is 0.254 e. The van der Waals surface area contributed by atoms with E-state index in [1.54, 1.807) is 28.5 Å². The Kier molecular flexibility index (Phi) is 4.39. The van der Waals surface area contributed by atoms with Crippen LogP contribution in [0.25, 0.3) is 10.3 Å². The number of fused-ring (bicyclic) bond motifs is 1. The van der Waals surface area contributed by atoms with Crippen LogP contribution in [0.15, 0.2) is 41.0 Å². The molecule has 0 saturated carbocycles. The summed E-state index contributed by atoms with van der Waals surface area (Å²) in [6.07, 6.45) is 1.76. The van der Waals surface area contributed by atoms with Gasteiger partial charge < -0.3 is 9.80 Å². The Morgan fingerprint density at radius 1 is 1.20 bits per heavy atom. The molecule has 4 rings (SSSR count). The van der Waals surface area contributed by atoms with Crippen LogP contribution in [0, 0.1) is 5.82 Å². The molecule has 0 spiro atoms. The first-order valence-corrected chi connectivity index (χ1v) is 9.43. The number of pyridine rings is 1. The number of amides is 1. The average Bonchev–Trinajstić information content (AvgIpc) is 3.04. The van der Waals surface area contributed by atoms with Crippen LogP contribution in [-0.2, 0) is 0 Å². The summed E-state index contributed by atoms with van der Waals surface area (Å²) in [6, 6.07) is 8.09. The Hall–Kier alpha value is -2.06. The molecule has 2 aromatic heterocycles. The molecule has 128 valence electrons. The Bertz CT molecular complexity index is 886. The molecule has 3 heterocycles. The van der Waals surface area contributed by atoms with Crippen LogP contribution in [0.2, 0.25) is 0 Å². The Morgan fingerprint density at radius 2 is 2.00 bits per heavy atom. The van der Waals surface area contributed by atoms with Gasteiger partial charge in [0.15, 0.2) is 5.13 Å². The van der Waals surface area contributed by atoms with Gasteiger partial charge in [-0.15, -0.1) is 0 Å². The van der Waals surface area contributed by atoms with E-state index in [1.807, 2.05) is 12.1 Å². The van der Waals surface area contributed by atoms with Gasteiger partial charge in [0.2, 0.25) is 0 Å². The second-order valence-electron chi connectivity index (χ2n) is 5.76. The summed E-state index contributed by atoms with van der Waals surface area (Å²) >= 11 is 4.79. The SMILES string of the molecule is O=C(c1cc(F)cc(Br)c1)N1CCN(c2nc3cccnc3s2)CC1. The minimum atomic E-state index is -0.418. The van der Waals surface area contributed by atoms with Crippen molar-refractivity contribution in [2.45, 2.75) is 0 Å². The van der Waals surface area contributed by atoms with Crippen molar-refractivity contribution < 1.29 is 9.18 Å². The lowest BCUT2D eigenvalue weighted by molar-refractivity contribution is 0.0746. The van der Waals surface area contributed by atoms with Crippen LogP contribution < -0.4 is 4.90 Å². The zero-order valence-electron chi connectivity index (χ0n) is 13.2. The maximum atomic E-state index is 13.5. The van der Waals surface area contributed by atoms with Crippen LogP contribution >= 0.6 is 27.3 Å². The van der Waals surface area contributed by atoms with Gasteiger partial charge in [-0.2, -0.15) is 0 Å². The van der Waals surface area contributed by atoms with Gasteiger partial charge in [0.25, 0.3) is 5.91 Å². The third-order valence-corrected chi connectivity index (χ3v) is 5.60. The molecule has 1 amide bonds. The van der Waals surface area contributed by atoms with Crippen molar-refractivity contribution in [3.63, 3.8) is 0 Å². The number of halogens is 2. The first-order valence-electron chi connectivity index (χ1n) is 7.82. The summed E-state index contributed by atoms with van der Waals surface area (Å²) in [5.74, 6) is -0.566. The van der Waals surface area contributed by atoms with E-state index in [1.165, 1.54) is 12.1 Å². The number of hydrogen-bond donors (Lipinski definition) is 0. The Labute approximate surface area is 156 Å². The lowest BCUT2D eigenvalue weighted by atomic mass is 10.2. The predicted molar refractivity (Wildman–Crippen MR) is 99.6 cm³/mol. The third-order valence-electron chi connectivity index (χ3n) is 4.10. The number of rotatable bonds is 2. The summed E-state index contributed by atoms with van der Waals surface area (Å²) < 4.78 is 14.1. The number of carbonyl (C=O) groups excluding carboxylic acids is 1. The van der Waals surface area contributed by atoms with Crippen molar-refractivity contribution in [1.29, 1.82) is 0 Å². The molecule has 0 unspecified atom stereocenters. The van der Waals surface area contributed by atoms with Gasteiger partial charge in [0.05, 0.1) is 0 Å². The van der Waals surface area contributed by atoms with E-state index < -0.39 is 5.82 Å². The number of piperazine rings is 1. The van der Waals surface area contributed by atoms with Crippen molar-refractivity contribution in [3.05, 3.63) is 52.4 Å². The number of anilines is 1. The first kappa shape index (κ1) is 16.4. The minimum Gasteiger partial charge on any atom is -0.344 e. The van der Waals surface area contributed by atoms with E-state index in [2.05, 4.69) is 30.8 Å². The molecule has 1 aliphatic heterocycles. The molecule has 0 atom stereocenters. The summed E-state index contributed by atoms with van der Waals surface area (Å²) in [7, 11) is 0. The molecule has 5 nitrogen and oxygen atoms in total. The number of thiazole rings is 1. The molecule has 1 saturated heterocycles. The van der Waals surface area contributed by atoms with Crippen molar-refractivity contribution in [1.82, 2.24) is 14.9 Å². The summed E-state index contributed by atoms with van der Waals surface area (Å²) in [6.45, 7) is 2.55. The van der Waals surface area contributed by atoms with Gasteiger partial charge in [0, 0.05) is 42.4 Å². The normalized spacial score (nSPS) is 15.0. The second-order valence-corrected chi connectivity index (χ2v) is 7.63. The highest BCUT2D eigenvalue weighted by Crippen LogP contribution is 2.28. The Balaban J connectivity index is 1.46. The van der Waals surface area contributed by atoms with Crippen molar-refractivity contribution in [3.8, 4) is 0 Å². The summed E-state index contributed by atoms with van der Waals surface area (Å²) in [5, 5.41) is 0.925. The fraction of sp³-hybridized carbons (Fsp3) is 0.235. The smallest absolute Gasteiger partial charge is 0.254 e. The molecule has 1 aliphatic rings. The zero-order valence-corrected chi connectivity index (χ0v) is 15.6. The molecular weight excluding hydrogens is 407 g/mol. The summed E-state index contributed by atoms with van der Waals surface area (Å²) in [5.41, 5.74) is 1.26.